The average Bonchev–Trinajstić information content (AvgIpc) is 2.48. The number of nitrogens with zero attached hydrogens (tertiary/aromatic N) is 1. The molecule has 1 N–H and O–H groups in total. The maximum atomic E-state index is 11.9. The van der Waals surface area contributed by atoms with E-state index in [2.05, 4.69) is 12.1 Å². The maximum absolute atomic E-state index is 11.9. The van der Waals surface area contributed by atoms with E-state index in [1.807, 2.05) is 23.1 Å². The molecule has 3 heteroatoms. The maximum Gasteiger partial charge on any atom is 0.254 e. The fourth-order valence-electron chi connectivity index (χ4n) is 3.43. The molecule has 1 aromatic carbocycles. The number of aliphatic hydroxyl groups is 1. The molecule has 1 saturated heterocycles. The number of likely N-dealkylation sites (tertiary alicyclic amines) is 1. The molecule has 0 unspecified atom stereocenters. The molecule has 0 aromatic heterocycles. The smallest absolute Gasteiger partial charge is 0.254 e. The van der Waals surface area contributed by atoms with Gasteiger partial charge in [-0.3, -0.25) is 4.79 Å². The van der Waals surface area contributed by atoms with Gasteiger partial charge in [0, 0.05) is 6.04 Å². The predicted molar refractivity (Wildman–Crippen MR) is 73.7 cm³/mol. The summed E-state index contributed by atoms with van der Waals surface area (Å²) in [5.74, 6) is -0.0622. The fourth-order valence-corrected chi connectivity index (χ4v) is 3.43. The second kappa shape index (κ2) is 5.33. The first kappa shape index (κ1) is 12.7. The largest absolute Gasteiger partial charge is 0.381 e. The quantitative estimate of drug-likeness (QED) is 0.845. The van der Waals surface area contributed by atoms with Crippen molar-refractivity contribution < 1.29 is 9.90 Å². The number of carbonyl (C=O) groups excluding carboxylic acids is 1. The van der Waals surface area contributed by atoms with Crippen LogP contribution in [-0.4, -0.2) is 34.1 Å². The van der Waals surface area contributed by atoms with Crippen LogP contribution in [0.1, 0.15) is 37.7 Å². The lowest BCUT2D eigenvalue weighted by molar-refractivity contribution is -0.172. The zero-order valence-electron chi connectivity index (χ0n) is 11.2. The van der Waals surface area contributed by atoms with Crippen LogP contribution in [0.3, 0.4) is 0 Å². The molecule has 2 aliphatic rings. The second-order valence-corrected chi connectivity index (χ2v) is 5.74. The Labute approximate surface area is 114 Å². The second-order valence-electron chi connectivity index (χ2n) is 5.74. The van der Waals surface area contributed by atoms with Crippen molar-refractivity contribution in [1.82, 2.24) is 4.90 Å². The van der Waals surface area contributed by atoms with Crippen molar-refractivity contribution in [3.05, 3.63) is 35.9 Å². The Morgan fingerprint density at radius 2 is 1.79 bits per heavy atom. The van der Waals surface area contributed by atoms with Crippen LogP contribution in [0.25, 0.3) is 0 Å². The van der Waals surface area contributed by atoms with E-state index in [9.17, 15) is 9.90 Å². The van der Waals surface area contributed by atoms with Crippen molar-refractivity contribution in [2.45, 2.75) is 56.7 Å². The fraction of sp³-hybridized carbons (Fsp3) is 0.562. The number of hydrogen-bond acceptors (Lipinski definition) is 2. The van der Waals surface area contributed by atoms with E-state index >= 15 is 0 Å². The molecule has 2 atom stereocenters. The van der Waals surface area contributed by atoms with Gasteiger partial charge in [0.15, 0.2) is 6.10 Å². The number of β-lactam (4-membered cyclic amide) rings is 1. The van der Waals surface area contributed by atoms with Gasteiger partial charge in [-0.2, -0.15) is 0 Å². The van der Waals surface area contributed by atoms with E-state index in [0.717, 1.165) is 19.3 Å². The van der Waals surface area contributed by atoms with Gasteiger partial charge in [-0.15, -0.1) is 0 Å². The Morgan fingerprint density at radius 3 is 2.47 bits per heavy atom. The molecule has 19 heavy (non-hydrogen) atoms. The SMILES string of the molecule is O=C1[C@H](O)[C@H](Cc2ccccc2)N1C1CCCCC1. The summed E-state index contributed by atoms with van der Waals surface area (Å²) in [6, 6.07) is 10.5. The van der Waals surface area contributed by atoms with Gasteiger partial charge in [-0.05, 0) is 24.8 Å². The first-order chi connectivity index (χ1) is 9.27. The molecule has 1 aromatic rings. The third-order valence-electron chi connectivity index (χ3n) is 4.49. The minimum absolute atomic E-state index is 0.0157. The summed E-state index contributed by atoms with van der Waals surface area (Å²) in [7, 11) is 0. The Balaban J connectivity index is 1.70. The Hall–Kier alpha value is -1.35. The summed E-state index contributed by atoms with van der Waals surface area (Å²) < 4.78 is 0. The molecule has 102 valence electrons. The van der Waals surface area contributed by atoms with Crippen LogP contribution < -0.4 is 0 Å². The van der Waals surface area contributed by atoms with E-state index in [4.69, 9.17) is 0 Å². The topological polar surface area (TPSA) is 40.5 Å². The Morgan fingerprint density at radius 1 is 1.11 bits per heavy atom. The summed E-state index contributed by atoms with van der Waals surface area (Å²) in [4.78, 5) is 13.9. The first-order valence-electron chi connectivity index (χ1n) is 7.31. The monoisotopic (exact) mass is 259 g/mol. The molecule has 1 heterocycles. The van der Waals surface area contributed by atoms with Gasteiger partial charge in [0.25, 0.3) is 5.91 Å². The number of hydrogen-bond donors (Lipinski definition) is 1. The van der Waals surface area contributed by atoms with E-state index in [0.29, 0.717) is 6.04 Å². The summed E-state index contributed by atoms with van der Waals surface area (Å²) in [6.07, 6.45) is 5.88. The van der Waals surface area contributed by atoms with Crippen LogP contribution in [0.2, 0.25) is 0 Å². The van der Waals surface area contributed by atoms with Gasteiger partial charge < -0.3 is 10.0 Å². The van der Waals surface area contributed by atoms with Gasteiger partial charge in [-0.25, -0.2) is 0 Å². The van der Waals surface area contributed by atoms with Crippen molar-refractivity contribution in [1.29, 1.82) is 0 Å². The zero-order chi connectivity index (χ0) is 13.2. The summed E-state index contributed by atoms with van der Waals surface area (Å²) in [6.45, 7) is 0. The molecule has 0 radical (unpaired) electrons. The van der Waals surface area contributed by atoms with E-state index in [1.165, 1.54) is 24.8 Å². The van der Waals surface area contributed by atoms with Crippen LogP contribution in [0.4, 0.5) is 0 Å². The molecular formula is C16H21NO2. The highest BCUT2D eigenvalue weighted by Gasteiger charge is 2.48. The van der Waals surface area contributed by atoms with Crippen LogP contribution >= 0.6 is 0 Å². The van der Waals surface area contributed by atoms with Crippen molar-refractivity contribution in [3.63, 3.8) is 0 Å². The lowest BCUT2D eigenvalue weighted by Gasteiger charge is -2.50. The lowest BCUT2D eigenvalue weighted by atomic mass is 9.85. The molecule has 2 fully saturated rings. The van der Waals surface area contributed by atoms with Crippen LogP contribution in [0.5, 0.6) is 0 Å². The number of carbonyl (C=O) groups is 1. The number of rotatable bonds is 3. The third-order valence-corrected chi connectivity index (χ3v) is 4.49. The number of aliphatic hydroxyl groups excluding tert-OH is 1. The molecule has 0 bridgehead atoms. The Bertz CT molecular complexity index is 439. The molecule has 3 rings (SSSR count). The summed E-state index contributed by atoms with van der Waals surface area (Å²) in [5.41, 5.74) is 1.19. The van der Waals surface area contributed by atoms with E-state index in [1.54, 1.807) is 0 Å². The van der Waals surface area contributed by atoms with Crippen molar-refractivity contribution in [2.24, 2.45) is 0 Å². The van der Waals surface area contributed by atoms with Crippen molar-refractivity contribution in [3.8, 4) is 0 Å². The summed E-state index contributed by atoms with van der Waals surface area (Å²) in [5, 5.41) is 9.95. The molecule has 1 aliphatic carbocycles. The minimum atomic E-state index is -0.790. The van der Waals surface area contributed by atoms with Crippen molar-refractivity contribution >= 4 is 5.91 Å². The molecule has 1 saturated carbocycles. The molecular weight excluding hydrogens is 238 g/mol. The number of benzene rings is 1. The minimum Gasteiger partial charge on any atom is -0.381 e. The normalized spacial score (nSPS) is 28.3. The molecule has 3 nitrogen and oxygen atoms in total. The predicted octanol–water partition coefficient (Wildman–Crippen LogP) is 2.13. The third kappa shape index (κ3) is 2.39. The number of amides is 1. The first-order valence-corrected chi connectivity index (χ1v) is 7.31. The molecule has 1 aliphatic heterocycles. The van der Waals surface area contributed by atoms with Crippen molar-refractivity contribution in [2.75, 3.05) is 0 Å². The van der Waals surface area contributed by atoms with Crippen LogP contribution in [0, 0.1) is 0 Å². The Kier molecular flexibility index (Phi) is 3.56. The van der Waals surface area contributed by atoms with Gasteiger partial charge in [0.05, 0.1) is 6.04 Å². The van der Waals surface area contributed by atoms with Crippen LogP contribution in [0.15, 0.2) is 30.3 Å². The standard InChI is InChI=1S/C16H21NO2/c18-15-14(11-12-7-3-1-4-8-12)17(16(15)19)13-9-5-2-6-10-13/h1,3-4,7-8,13-15,18H,2,5-6,9-11H2/t14-,15+/m0/s1. The summed E-state index contributed by atoms with van der Waals surface area (Å²) >= 11 is 0. The molecule has 0 spiro atoms. The highest BCUT2D eigenvalue weighted by Crippen LogP contribution is 2.32. The van der Waals surface area contributed by atoms with E-state index in [-0.39, 0.29) is 11.9 Å². The van der Waals surface area contributed by atoms with Crippen LogP contribution in [-0.2, 0) is 11.2 Å². The molecule has 1 amide bonds. The zero-order valence-corrected chi connectivity index (χ0v) is 11.2. The average molecular weight is 259 g/mol. The van der Waals surface area contributed by atoms with Gasteiger partial charge >= 0.3 is 0 Å². The van der Waals surface area contributed by atoms with Gasteiger partial charge in [0.1, 0.15) is 0 Å². The highest BCUT2D eigenvalue weighted by molar-refractivity contribution is 5.88. The lowest BCUT2D eigenvalue weighted by Crippen LogP contribution is -2.68. The highest BCUT2D eigenvalue weighted by atomic mass is 16.3. The van der Waals surface area contributed by atoms with Gasteiger partial charge in [-0.1, -0.05) is 49.6 Å². The van der Waals surface area contributed by atoms with Gasteiger partial charge in [0.2, 0.25) is 0 Å². The van der Waals surface area contributed by atoms with E-state index < -0.39 is 6.10 Å².